The van der Waals surface area contributed by atoms with Gasteiger partial charge in [-0.3, -0.25) is 9.78 Å². The van der Waals surface area contributed by atoms with Crippen LogP contribution in [0.25, 0.3) is 11.4 Å². The van der Waals surface area contributed by atoms with Gasteiger partial charge in [-0.25, -0.2) is 18.7 Å². The summed E-state index contributed by atoms with van der Waals surface area (Å²) in [6.07, 6.45) is 1.10. The molecule has 0 spiro atoms. The van der Waals surface area contributed by atoms with Crippen LogP contribution in [0.1, 0.15) is 5.56 Å². The van der Waals surface area contributed by atoms with Gasteiger partial charge in [-0.1, -0.05) is 0 Å². The summed E-state index contributed by atoms with van der Waals surface area (Å²) < 4.78 is 29.8. The predicted octanol–water partition coefficient (Wildman–Crippen LogP) is 3.35. The molecule has 0 bridgehead atoms. The smallest absolute Gasteiger partial charge is 0.272 e. The SMILES string of the molecule is CN(C)C(=O)C1Cc2cc(Nc3nccc(-c4cc(OCC(F)F)ccn4)n3)ccc2N1. The predicted molar refractivity (Wildman–Crippen MR) is 116 cm³/mol. The van der Waals surface area contributed by atoms with Crippen LogP contribution in [-0.2, 0) is 11.2 Å². The third kappa shape index (κ3) is 4.90. The normalized spacial score (nSPS) is 14.6. The second-order valence-corrected chi connectivity index (χ2v) is 7.48. The van der Waals surface area contributed by atoms with Crippen molar-refractivity contribution in [2.75, 3.05) is 31.3 Å². The van der Waals surface area contributed by atoms with Gasteiger partial charge in [0.2, 0.25) is 11.9 Å². The van der Waals surface area contributed by atoms with Crippen molar-refractivity contribution in [2.45, 2.75) is 18.9 Å². The van der Waals surface area contributed by atoms with Crippen molar-refractivity contribution < 1.29 is 18.3 Å². The van der Waals surface area contributed by atoms with Gasteiger partial charge in [0.1, 0.15) is 18.4 Å². The van der Waals surface area contributed by atoms with E-state index in [2.05, 4.69) is 25.6 Å². The fraction of sp³-hybridized carbons (Fsp3) is 0.273. The Bertz CT molecular complexity index is 1130. The van der Waals surface area contributed by atoms with E-state index in [0.717, 1.165) is 16.9 Å². The summed E-state index contributed by atoms with van der Waals surface area (Å²) in [5.74, 6) is 0.672. The fourth-order valence-corrected chi connectivity index (χ4v) is 3.39. The molecule has 1 amide bonds. The molecule has 4 rings (SSSR count). The molecular formula is C22H22F2N6O2. The Morgan fingerprint density at radius 2 is 2.00 bits per heavy atom. The lowest BCUT2D eigenvalue weighted by atomic mass is 10.1. The lowest BCUT2D eigenvalue weighted by Gasteiger charge is -2.16. The van der Waals surface area contributed by atoms with Gasteiger partial charge in [-0.15, -0.1) is 0 Å². The molecule has 1 aliphatic rings. The molecule has 3 aromatic rings. The van der Waals surface area contributed by atoms with Gasteiger partial charge in [0.15, 0.2) is 0 Å². The van der Waals surface area contributed by atoms with Gasteiger partial charge in [-0.05, 0) is 35.9 Å². The monoisotopic (exact) mass is 440 g/mol. The number of hydrogen-bond acceptors (Lipinski definition) is 7. The zero-order valence-electron chi connectivity index (χ0n) is 17.5. The second kappa shape index (κ2) is 9.13. The average molecular weight is 440 g/mol. The number of alkyl halides is 2. The molecule has 10 heteroatoms. The molecule has 2 aromatic heterocycles. The summed E-state index contributed by atoms with van der Waals surface area (Å²) in [7, 11) is 3.47. The van der Waals surface area contributed by atoms with Crippen molar-refractivity contribution in [2.24, 2.45) is 0 Å². The Labute approximate surface area is 183 Å². The molecule has 0 aliphatic carbocycles. The Hall–Kier alpha value is -3.82. The highest BCUT2D eigenvalue weighted by molar-refractivity contribution is 5.87. The highest BCUT2D eigenvalue weighted by Crippen LogP contribution is 2.30. The summed E-state index contributed by atoms with van der Waals surface area (Å²) in [6, 6.07) is 10.2. The fourth-order valence-electron chi connectivity index (χ4n) is 3.39. The van der Waals surface area contributed by atoms with Crippen LogP contribution in [-0.4, -0.2) is 58.9 Å². The largest absolute Gasteiger partial charge is 0.488 e. The number of nitrogens with zero attached hydrogens (tertiary/aromatic N) is 4. The van der Waals surface area contributed by atoms with E-state index in [1.165, 1.54) is 12.3 Å². The van der Waals surface area contributed by atoms with E-state index in [9.17, 15) is 13.6 Å². The lowest BCUT2D eigenvalue weighted by molar-refractivity contribution is -0.129. The number of halogens is 2. The van der Waals surface area contributed by atoms with E-state index in [0.29, 0.717) is 23.8 Å². The molecule has 32 heavy (non-hydrogen) atoms. The molecule has 1 aliphatic heterocycles. The van der Waals surface area contributed by atoms with E-state index >= 15 is 0 Å². The minimum absolute atomic E-state index is 0.0269. The Kier molecular flexibility index (Phi) is 6.11. The first-order valence-electron chi connectivity index (χ1n) is 9.97. The standard InChI is InChI=1S/C22H22F2N6O2/c1-30(2)21(31)19-10-13-9-14(3-4-16(13)28-19)27-22-26-8-6-17(29-22)18-11-15(5-7-25-18)32-12-20(23)24/h3-9,11,19-20,28H,10,12H2,1-2H3,(H,26,27,29). The van der Waals surface area contributed by atoms with Gasteiger partial charge in [-0.2, -0.15) is 0 Å². The van der Waals surface area contributed by atoms with Crippen LogP contribution in [0.4, 0.5) is 26.1 Å². The summed E-state index contributed by atoms with van der Waals surface area (Å²) in [5.41, 5.74) is 3.73. The van der Waals surface area contributed by atoms with Crippen molar-refractivity contribution in [1.29, 1.82) is 0 Å². The zero-order chi connectivity index (χ0) is 22.7. The molecule has 0 saturated carbocycles. The van der Waals surface area contributed by atoms with Gasteiger partial charge >= 0.3 is 0 Å². The number of carbonyl (C=O) groups excluding carboxylic acids is 1. The third-order valence-corrected chi connectivity index (χ3v) is 4.88. The lowest BCUT2D eigenvalue weighted by Crippen LogP contribution is -2.37. The van der Waals surface area contributed by atoms with Crippen molar-refractivity contribution >= 4 is 23.2 Å². The van der Waals surface area contributed by atoms with Gasteiger partial charge in [0.05, 0.1) is 11.4 Å². The number of carbonyl (C=O) groups is 1. The zero-order valence-corrected chi connectivity index (χ0v) is 17.5. The van der Waals surface area contributed by atoms with E-state index in [1.807, 2.05) is 18.2 Å². The number of likely N-dealkylation sites (N-methyl/N-ethyl adjacent to an activating group) is 1. The van der Waals surface area contributed by atoms with Crippen LogP contribution in [0.2, 0.25) is 0 Å². The molecule has 1 atom stereocenters. The maximum Gasteiger partial charge on any atom is 0.272 e. The first kappa shape index (κ1) is 21.4. The van der Waals surface area contributed by atoms with E-state index in [-0.39, 0.29) is 17.7 Å². The topological polar surface area (TPSA) is 92.3 Å². The van der Waals surface area contributed by atoms with E-state index in [4.69, 9.17) is 4.74 Å². The summed E-state index contributed by atoms with van der Waals surface area (Å²) in [6.45, 7) is -0.686. The number of hydrogen-bond donors (Lipinski definition) is 2. The van der Waals surface area contributed by atoms with Crippen molar-refractivity contribution in [3.8, 4) is 17.1 Å². The molecule has 2 N–H and O–H groups in total. The number of aromatic nitrogens is 3. The van der Waals surface area contributed by atoms with Crippen LogP contribution in [0.5, 0.6) is 5.75 Å². The Balaban J connectivity index is 1.48. The summed E-state index contributed by atoms with van der Waals surface area (Å²) >= 11 is 0. The molecule has 1 unspecified atom stereocenters. The van der Waals surface area contributed by atoms with E-state index in [1.54, 1.807) is 37.3 Å². The number of ether oxygens (including phenoxy) is 1. The Morgan fingerprint density at radius 3 is 2.78 bits per heavy atom. The number of rotatable bonds is 7. The van der Waals surface area contributed by atoms with E-state index < -0.39 is 13.0 Å². The summed E-state index contributed by atoms with van der Waals surface area (Å²) in [5, 5.41) is 6.40. The highest BCUT2D eigenvalue weighted by atomic mass is 19.3. The molecule has 1 aromatic carbocycles. The molecule has 0 radical (unpaired) electrons. The number of fused-ring (bicyclic) bond motifs is 1. The number of amides is 1. The van der Waals surface area contributed by atoms with Crippen molar-refractivity contribution in [1.82, 2.24) is 19.9 Å². The average Bonchev–Trinajstić information content (AvgIpc) is 3.21. The molecule has 3 heterocycles. The number of anilines is 3. The molecular weight excluding hydrogens is 418 g/mol. The van der Waals surface area contributed by atoms with Crippen LogP contribution >= 0.6 is 0 Å². The second-order valence-electron chi connectivity index (χ2n) is 7.48. The van der Waals surface area contributed by atoms with Crippen LogP contribution in [0.3, 0.4) is 0 Å². The number of pyridine rings is 1. The van der Waals surface area contributed by atoms with Crippen LogP contribution < -0.4 is 15.4 Å². The minimum atomic E-state index is -2.56. The number of nitrogens with one attached hydrogen (secondary N) is 2. The summed E-state index contributed by atoms with van der Waals surface area (Å²) in [4.78, 5) is 26.8. The van der Waals surface area contributed by atoms with Crippen LogP contribution in [0.15, 0.2) is 48.8 Å². The highest BCUT2D eigenvalue weighted by Gasteiger charge is 2.27. The minimum Gasteiger partial charge on any atom is -0.488 e. The molecule has 8 nitrogen and oxygen atoms in total. The maximum absolute atomic E-state index is 12.4. The number of benzene rings is 1. The first-order chi connectivity index (χ1) is 15.4. The molecule has 0 saturated heterocycles. The molecule has 0 fully saturated rings. The molecule has 166 valence electrons. The van der Waals surface area contributed by atoms with Gasteiger partial charge < -0.3 is 20.3 Å². The van der Waals surface area contributed by atoms with Crippen molar-refractivity contribution in [3.05, 3.63) is 54.4 Å². The van der Waals surface area contributed by atoms with Gasteiger partial charge in [0.25, 0.3) is 6.43 Å². The van der Waals surface area contributed by atoms with Crippen molar-refractivity contribution in [3.63, 3.8) is 0 Å². The Morgan fingerprint density at radius 1 is 1.19 bits per heavy atom. The quantitative estimate of drug-likeness (QED) is 0.582. The van der Waals surface area contributed by atoms with Crippen LogP contribution in [0, 0.1) is 0 Å². The maximum atomic E-state index is 12.4. The first-order valence-corrected chi connectivity index (χ1v) is 9.97. The van der Waals surface area contributed by atoms with Gasteiger partial charge in [0, 0.05) is 50.4 Å². The third-order valence-electron chi connectivity index (χ3n) is 4.88.